The number of nitrogens with two attached hydrogens (primary N) is 1. The van der Waals surface area contributed by atoms with E-state index in [4.69, 9.17) is 30.2 Å². The molecular weight excluding hydrogens is 727 g/mol. The zero-order chi connectivity index (χ0) is 39.5. The van der Waals surface area contributed by atoms with Crippen LogP contribution in [0, 0.1) is 23.2 Å². The van der Waals surface area contributed by atoms with E-state index in [-0.39, 0.29) is 27.5 Å². The van der Waals surface area contributed by atoms with E-state index in [1.807, 2.05) is 50.1 Å². The van der Waals surface area contributed by atoms with E-state index in [9.17, 15) is 9.90 Å². The fourth-order valence-electron chi connectivity index (χ4n) is 11.4. The van der Waals surface area contributed by atoms with E-state index in [1.165, 1.54) is 24.0 Å². The SMILES string of the molecule is CNCCOC12CC3(C)CC(C)(CC(CN=C(C)C(=CN)c4ccc(N5CCCc6c5nnc(Nc5nc7cc(OC)ccc7s5)c6C)nc4C(=O)O)(C3)C1)C2. The van der Waals surface area contributed by atoms with Gasteiger partial charge in [0.25, 0.3) is 0 Å². The third-order valence-electron chi connectivity index (χ3n) is 12.5. The molecule has 14 heteroatoms. The smallest absolute Gasteiger partial charge is 0.355 e. The number of aliphatic imine (C=N–C) groups is 1. The molecule has 1 aromatic carbocycles. The van der Waals surface area contributed by atoms with Gasteiger partial charge in [-0.2, -0.15) is 0 Å². The largest absolute Gasteiger partial charge is 0.497 e. The van der Waals surface area contributed by atoms with Gasteiger partial charge in [-0.1, -0.05) is 25.2 Å². The van der Waals surface area contributed by atoms with Crippen LogP contribution in [-0.4, -0.2) is 83.0 Å². The number of nitrogens with zero attached hydrogens (tertiary/aromatic N) is 6. The number of carboxylic acid groups (broad SMARTS) is 1. The maximum absolute atomic E-state index is 12.9. The number of pyridine rings is 1. The summed E-state index contributed by atoms with van der Waals surface area (Å²) in [7, 11) is 3.61. The van der Waals surface area contributed by atoms with Gasteiger partial charge in [-0.05, 0) is 113 Å². The summed E-state index contributed by atoms with van der Waals surface area (Å²) in [6, 6.07) is 9.47. The highest BCUT2D eigenvalue weighted by molar-refractivity contribution is 7.22. The molecule has 56 heavy (non-hydrogen) atoms. The van der Waals surface area contributed by atoms with Gasteiger partial charge in [-0.15, -0.1) is 10.2 Å². The second-order valence-electron chi connectivity index (χ2n) is 17.4. The van der Waals surface area contributed by atoms with Crippen molar-refractivity contribution in [1.82, 2.24) is 25.5 Å². The number of likely N-dealkylation sites (N-methyl/N-ethyl adjacent to an activating group) is 1. The molecule has 2 atom stereocenters. The van der Waals surface area contributed by atoms with Crippen molar-refractivity contribution in [3.05, 3.63) is 58.9 Å². The first-order valence-corrected chi connectivity index (χ1v) is 20.4. The number of carbonyl (C=O) groups is 1. The molecule has 0 amide bonds. The predicted octanol–water partition coefficient (Wildman–Crippen LogP) is 7.44. The number of fused-ring (bicyclic) bond motifs is 2. The minimum absolute atomic E-state index is 0.0231. The standard InChI is InChI=1S/C42H53N9O4S/c1-25-28-8-7-14-51(36(28)50-49-35(25)48-38-46-31-16-27(54-6)9-11-32(31)56-38)33-12-10-29(34(47-33)37(52)53)30(17-43)26(2)45-24-41-19-39(3)18-40(4,20-41)22-42(21-39,23-41)55-15-13-44-5/h9-12,16-17,44H,7-8,13-15,18-24,43H2,1-6H3,(H,52,53)(H,46,48,49). The van der Waals surface area contributed by atoms with Crippen LogP contribution < -0.4 is 26.0 Å². The highest BCUT2D eigenvalue weighted by Gasteiger charge is 2.66. The Morgan fingerprint density at radius 1 is 1.09 bits per heavy atom. The molecule has 4 aliphatic carbocycles. The van der Waals surface area contributed by atoms with Gasteiger partial charge in [0.15, 0.2) is 22.5 Å². The van der Waals surface area contributed by atoms with Crippen LogP contribution in [0.25, 0.3) is 15.8 Å². The lowest BCUT2D eigenvalue weighted by atomic mass is 9.39. The molecule has 296 valence electrons. The Morgan fingerprint density at radius 3 is 2.59 bits per heavy atom. The van der Waals surface area contributed by atoms with Gasteiger partial charge >= 0.3 is 5.97 Å². The van der Waals surface area contributed by atoms with Gasteiger partial charge < -0.3 is 35.8 Å². The zero-order valence-electron chi connectivity index (χ0n) is 33.3. The van der Waals surface area contributed by atoms with Gasteiger partial charge in [-0.25, -0.2) is 14.8 Å². The highest BCUT2D eigenvalue weighted by atomic mass is 32.1. The number of allylic oxidation sites excluding steroid dienone is 1. The number of carboxylic acids is 1. The van der Waals surface area contributed by atoms with E-state index in [0.717, 1.165) is 78.6 Å². The molecule has 3 aromatic heterocycles. The molecule has 2 unspecified atom stereocenters. The lowest BCUT2D eigenvalue weighted by Crippen LogP contribution is -2.64. The average Bonchev–Trinajstić information content (AvgIpc) is 3.55. The number of thiazole rings is 1. The molecular formula is C42H53N9O4S. The number of benzene rings is 1. The van der Waals surface area contributed by atoms with E-state index in [2.05, 4.69) is 34.7 Å². The van der Waals surface area contributed by atoms with Crippen molar-refractivity contribution >= 4 is 61.4 Å². The van der Waals surface area contributed by atoms with Crippen molar-refractivity contribution in [2.24, 2.45) is 27.0 Å². The zero-order valence-corrected chi connectivity index (χ0v) is 34.1. The summed E-state index contributed by atoms with van der Waals surface area (Å²) < 4.78 is 13.1. The molecule has 13 nitrogen and oxygen atoms in total. The molecule has 4 bridgehead atoms. The first-order chi connectivity index (χ1) is 26.8. The molecule has 0 saturated heterocycles. The van der Waals surface area contributed by atoms with Crippen LogP contribution in [0.2, 0.25) is 0 Å². The number of aromatic nitrogens is 4. The number of ether oxygens (including phenoxy) is 2. The monoisotopic (exact) mass is 779 g/mol. The molecule has 5 N–H and O–H groups in total. The van der Waals surface area contributed by atoms with Gasteiger partial charge in [0.05, 0.1) is 29.5 Å². The summed E-state index contributed by atoms with van der Waals surface area (Å²) in [4.78, 5) is 29.5. The fraction of sp³-hybridized carbons (Fsp3) is 0.524. The fourth-order valence-corrected chi connectivity index (χ4v) is 12.2. The number of rotatable bonds is 13. The van der Waals surface area contributed by atoms with Crippen LogP contribution in [-0.2, 0) is 11.2 Å². The Morgan fingerprint density at radius 2 is 1.88 bits per heavy atom. The first kappa shape index (κ1) is 38.2. The summed E-state index contributed by atoms with van der Waals surface area (Å²) in [6.45, 7) is 11.6. The Kier molecular flexibility index (Phi) is 9.81. The second kappa shape index (κ2) is 14.4. The predicted molar refractivity (Wildman–Crippen MR) is 222 cm³/mol. The number of nitrogens with one attached hydrogen (secondary N) is 2. The number of hydrogen-bond acceptors (Lipinski definition) is 13. The molecule has 0 radical (unpaired) electrons. The van der Waals surface area contributed by atoms with Gasteiger partial charge in [0, 0.05) is 59.9 Å². The topological polar surface area (TPSA) is 173 Å². The van der Waals surface area contributed by atoms with Crippen LogP contribution >= 0.6 is 11.3 Å². The van der Waals surface area contributed by atoms with Gasteiger partial charge in [0.2, 0.25) is 0 Å². The van der Waals surface area contributed by atoms with Crippen LogP contribution in [0.15, 0.2) is 41.5 Å². The molecule has 4 heterocycles. The van der Waals surface area contributed by atoms with Crippen LogP contribution in [0.1, 0.15) is 92.9 Å². The van der Waals surface area contributed by atoms with E-state index in [1.54, 1.807) is 13.2 Å². The Hall–Kier alpha value is -4.66. The number of hydrogen-bond donors (Lipinski definition) is 4. The van der Waals surface area contributed by atoms with Crippen molar-refractivity contribution in [3.8, 4) is 5.75 Å². The third-order valence-corrected chi connectivity index (χ3v) is 13.4. The summed E-state index contributed by atoms with van der Waals surface area (Å²) in [6.07, 6.45) is 9.78. The van der Waals surface area contributed by atoms with Crippen LogP contribution in [0.4, 0.5) is 22.6 Å². The van der Waals surface area contributed by atoms with E-state index >= 15 is 0 Å². The lowest BCUT2D eigenvalue weighted by Gasteiger charge is -2.69. The van der Waals surface area contributed by atoms with Crippen LogP contribution in [0.5, 0.6) is 5.75 Å². The van der Waals surface area contributed by atoms with Crippen molar-refractivity contribution in [3.63, 3.8) is 0 Å². The van der Waals surface area contributed by atoms with Gasteiger partial charge in [0.1, 0.15) is 11.6 Å². The van der Waals surface area contributed by atoms with E-state index < -0.39 is 5.97 Å². The average molecular weight is 780 g/mol. The Balaban J connectivity index is 1.04. The first-order valence-electron chi connectivity index (χ1n) is 19.6. The number of anilines is 4. The van der Waals surface area contributed by atoms with E-state index in [0.29, 0.717) is 59.1 Å². The molecule has 0 spiro atoms. The van der Waals surface area contributed by atoms with Crippen molar-refractivity contribution in [1.29, 1.82) is 0 Å². The van der Waals surface area contributed by atoms with Crippen molar-refractivity contribution < 1.29 is 19.4 Å². The summed E-state index contributed by atoms with van der Waals surface area (Å²) >= 11 is 1.53. The normalized spacial score (nSPS) is 27.1. The van der Waals surface area contributed by atoms with Gasteiger partial charge in [-0.3, -0.25) is 4.99 Å². The van der Waals surface area contributed by atoms with Crippen molar-refractivity contribution in [2.45, 2.75) is 84.7 Å². The molecule has 5 aliphatic rings. The minimum Gasteiger partial charge on any atom is -0.497 e. The third kappa shape index (κ3) is 7.00. The molecule has 4 saturated carbocycles. The Labute approximate surface area is 332 Å². The number of methoxy groups -OCH3 is 1. The molecule has 1 aliphatic heterocycles. The molecule has 9 rings (SSSR count). The highest BCUT2D eigenvalue weighted by Crippen LogP contribution is 2.71. The molecule has 4 aromatic rings. The minimum atomic E-state index is -1.14. The number of aromatic carboxylic acids is 1. The summed E-state index contributed by atoms with van der Waals surface area (Å²) in [5.41, 5.74) is 11.1. The summed E-state index contributed by atoms with van der Waals surface area (Å²) in [5.74, 6) is 1.41. The quantitative estimate of drug-likeness (QED) is 0.0782. The Bertz CT molecular complexity index is 2230. The van der Waals surface area contributed by atoms with Crippen LogP contribution in [0.3, 0.4) is 0 Å². The van der Waals surface area contributed by atoms with Crippen molar-refractivity contribution in [2.75, 3.05) is 50.6 Å². The molecule has 4 fully saturated rings. The summed E-state index contributed by atoms with van der Waals surface area (Å²) in [5, 5.41) is 27.0. The maximum Gasteiger partial charge on any atom is 0.355 e. The lowest BCUT2D eigenvalue weighted by molar-refractivity contribution is -0.241. The maximum atomic E-state index is 12.9. The second-order valence-corrected chi connectivity index (χ2v) is 18.4.